The Balaban J connectivity index is 3.12. The zero-order valence-corrected chi connectivity index (χ0v) is 11.2. The molecule has 0 aliphatic rings. The molecule has 5 heteroatoms. The fraction of sp³-hybridized carbons (Fsp3) is 0.455. The Hall–Kier alpha value is -0.580. The average Bonchev–Trinajstić information content (AvgIpc) is 2.27. The van der Waals surface area contributed by atoms with Gasteiger partial charge in [0, 0.05) is 19.0 Å². The summed E-state index contributed by atoms with van der Waals surface area (Å²) < 4.78 is 25.6. The number of alkyl halides is 1. The summed E-state index contributed by atoms with van der Waals surface area (Å²) in [6, 6.07) is 6.64. The SMILES string of the molecule is Cc1cccc(S(=O)(=O)N(C)C(C)CCl)c1. The highest BCUT2D eigenvalue weighted by molar-refractivity contribution is 7.89. The Morgan fingerprint density at radius 2 is 2.06 bits per heavy atom. The van der Waals surface area contributed by atoms with Gasteiger partial charge in [-0.1, -0.05) is 12.1 Å². The van der Waals surface area contributed by atoms with E-state index in [-0.39, 0.29) is 11.9 Å². The highest BCUT2D eigenvalue weighted by Crippen LogP contribution is 2.17. The molecule has 90 valence electrons. The lowest BCUT2D eigenvalue weighted by Gasteiger charge is -2.22. The molecule has 1 unspecified atom stereocenters. The minimum absolute atomic E-state index is 0.216. The Bertz CT molecular complexity index is 459. The third kappa shape index (κ3) is 2.75. The van der Waals surface area contributed by atoms with Crippen LogP contribution in [0.2, 0.25) is 0 Å². The van der Waals surface area contributed by atoms with Crippen LogP contribution in [0.25, 0.3) is 0 Å². The van der Waals surface area contributed by atoms with Crippen LogP contribution in [0, 0.1) is 6.92 Å². The van der Waals surface area contributed by atoms with Gasteiger partial charge >= 0.3 is 0 Å². The van der Waals surface area contributed by atoms with Crippen molar-refractivity contribution in [2.24, 2.45) is 0 Å². The number of sulfonamides is 1. The molecule has 16 heavy (non-hydrogen) atoms. The molecule has 0 heterocycles. The second kappa shape index (κ2) is 5.17. The molecular weight excluding hydrogens is 246 g/mol. The lowest BCUT2D eigenvalue weighted by molar-refractivity contribution is 0.413. The van der Waals surface area contributed by atoms with Gasteiger partial charge in [-0.05, 0) is 31.5 Å². The quantitative estimate of drug-likeness (QED) is 0.780. The van der Waals surface area contributed by atoms with E-state index in [9.17, 15) is 8.42 Å². The number of rotatable bonds is 4. The van der Waals surface area contributed by atoms with E-state index in [1.807, 2.05) is 13.0 Å². The maximum Gasteiger partial charge on any atom is 0.243 e. The topological polar surface area (TPSA) is 37.4 Å². The van der Waals surface area contributed by atoms with Gasteiger partial charge in [0.15, 0.2) is 0 Å². The van der Waals surface area contributed by atoms with Crippen LogP contribution in [0.3, 0.4) is 0 Å². The Kier molecular flexibility index (Phi) is 4.35. The zero-order valence-electron chi connectivity index (χ0n) is 9.64. The third-order valence-corrected chi connectivity index (χ3v) is 4.92. The van der Waals surface area contributed by atoms with Gasteiger partial charge in [0.05, 0.1) is 4.90 Å². The first-order valence-electron chi connectivity index (χ1n) is 5.00. The smallest absolute Gasteiger partial charge is 0.207 e. The first kappa shape index (κ1) is 13.5. The summed E-state index contributed by atoms with van der Waals surface area (Å²) in [5.74, 6) is 0.279. The zero-order chi connectivity index (χ0) is 12.3. The number of halogens is 1. The number of aryl methyl sites for hydroxylation is 1. The van der Waals surface area contributed by atoms with E-state index in [2.05, 4.69) is 0 Å². The molecule has 0 saturated carbocycles. The maximum atomic E-state index is 12.2. The molecule has 0 aromatic heterocycles. The summed E-state index contributed by atoms with van der Waals surface area (Å²) in [5.41, 5.74) is 0.924. The summed E-state index contributed by atoms with van der Waals surface area (Å²) in [4.78, 5) is 0.312. The summed E-state index contributed by atoms with van der Waals surface area (Å²) >= 11 is 5.67. The van der Waals surface area contributed by atoms with Gasteiger partial charge in [0.2, 0.25) is 10.0 Å². The Morgan fingerprint density at radius 1 is 1.44 bits per heavy atom. The van der Waals surface area contributed by atoms with Crippen LogP contribution in [-0.4, -0.2) is 31.7 Å². The van der Waals surface area contributed by atoms with Gasteiger partial charge < -0.3 is 0 Å². The predicted molar refractivity (Wildman–Crippen MR) is 66.3 cm³/mol. The number of hydrogen-bond donors (Lipinski definition) is 0. The molecule has 0 fully saturated rings. The predicted octanol–water partition coefficient (Wildman–Crippen LogP) is 2.24. The summed E-state index contributed by atoms with van der Waals surface area (Å²) in [6.45, 7) is 3.64. The molecular formula is C11H16ClNO2S. The number of hydrogen-bond acceptors (Lipinski definition) is 2. The first-order chi connectivity index (χ1) is 7.39. The lowest BCUT2D eigenvalue weighted by Crippen LogP contribution is -2.36. The fourth-order valence-corrected chi connectivity index (χ4v) is 3.03. The summed E-state index contributed by atoms with van der Waals surface area (Å²) in [7, 11) is -1.88. The molecule has 1 aromatic carbocycles. The van der Waals surface area contributed by atoms with E-state index in [1.54, 1.807) is 32.2 Å². The van der Waals surface area contributed by atoms with Gasteiger partial charge in [-0.25, -0.2) is 8.42 Å². The monoisotopic (exact) mass is 261 g/mol. The molecule has 0 N–H and O–H groups in total. The summed E-state index contributed by atoms with van der Waals surface area (Å²) in [6.07, 6.45) is 0. The van der Waals surface area contributed by atoms with Crippen LogP contribution >= 0.6 is 11.6 Å². The fourth-order valence-electron chi connectivity index (χ4n) is 1.28. The normalized spacial score (nSPS) is 14.1. The highest BCUT2D eigenvalue weighted by atomic mass is 35.5. The largest absolute Gasteiger partial charge is 0.243 e. The highest BCUT2D eigenvalue weighted by Gasteiger charge is 2.24. The molecule has 1 atom stereocenters. The van der Waals surface area contributed by atoms with E-state index in [4.69, 9.17) is 11.6 Å². The van der Waals surface area contributed by atoms with E-state index in [0.29, 0.717) is 4.90 Å². The maximum absolute atomic E-state index is 12.2. The van der Waals surface area contributed by atoms with Crippen molar-refractivity contribution in [2.45, 2.75) is 24.8 Å². The van der Waals surface area contributed by atoms with Gasteiger partial charge in [0.25, 0.3) is 0 Å². The van der Waals surface area contributed by atoms with Gasteiger partial charge in [-0.15, -0.1) is 11.6 Å². The van der Waals surface area contributed by atoms with Crippen LogP contribution in [0.4, 0.5) is 0 Å². The van der Waals surface area contributed by atoms with Crippen LogP contribution in [0.5, 0.6) is 0 Å². The molecule has 0 spiro atoms. The first-order valence-corrected chi connectivity index (χ1v) is 6.97. The molecule has 3 nitrogen and oxygen atoms in total. The van der Waals surface area contributed by atoms with Crippen molar-refractivity contribution in [3.05, 3.63) is 29.8 Å². The average molecular weight is 262 g/mol. The van der Waals surface area contributed by atoms with Crippen molar-refractivity contribution >= 4 is 21.6 Å². The van der Waals surface area contributed by atoms with Crippen molar-refractivity contribution < 1.29 is 8.42 Å². The van der Waals surface area contributed by atoms with Gasteiger partial charge in [0.1, 0.15) is 0 Å². The number of nitrogens with zero attached hydrogens (tertiary/aromatic N) is 1. The van der Waals surface area contributed by atoms with E-state index in [1.165, 1.54) is 4.31 Å². The van der Waals surface area contributed by atoms with Gasteiger partial charge in [-0.3, -0.25) is 0 Å². The van der Waals surface area contributed by atoms with E-state index < -0.39 is 10.0 Å². The molecule has 1 rings (SSSR count). The second-order valence-corrected chi connectivity index (χ2v) is 6.15. The molecule has 0 radical (unpaired) electrons. The molecule has 1 aromatic rings. The van der Waals surface area contributed by atoms with Crippen molar-refractivity contribution in [3.8, 4) is 0 Å². The molecule has 0 aliphatic heterocycles. The molecule has 0 bridgehead atoms. The summed E-state index contributed by atoms with van der Waals surface area (Å²) in [5, 5.41) is 0. The minimum atomic E-state index is -3.42. The Labute approximate surface area is 102 Å². The second-order valence-electron chi connectivity index (χ2n) is 3.84. The van der Waals surface area contributed by atoms with Gasteiger partial charge in [-0.2, -0.15) is 4.31 Å². The van der Waals surface area contributed by atoms with Crippen molar-refractivity contribution in [3.63, 3.8) is 0 Å². The molecule has 0 saturated heterocycles. The van der Waals surface area contributed by atoms with Crippen LogP contribution in [0.15, 0.2) is 29.2 Å². The van der Waals surface area contributed by atoms with Crippen LogP contribution in [0.1, 0.15) is 12.5 Å². The molecule has 0 amide bonds. The van der Waals surface area contributed by atoms with Crippen molar-refractivity contribution in [1.29, 1.82) is 0 Å². The number of benzene rings is 1. The molecule has 0 aliphatic carbocycles. The van der Waals surface area contributed by atoms with E-state index >= 15 is 0 Å². The van der Waals surface area contributed by atoms with Crippen molar-refractivity contribution in [2.75, 3.05) is 12.9 Å². The van der Waals surface area contributed by atoms with Crippen LogP contribution < -0.4 is 0 Å². The Morgan fingerprint density at radius 3 is 2.56 bits per heavy atom. The third-order valence-electron chi connectivity index (χ3n) is 2.51. The minimum Gasteiger partial charge on any atom is -0.207 e. The van der Waals surface area contributed by atoms with E-state index in [0.717, 1.165) is 5.56 Å². The van der Waals surface area contributed by atoms with Crippen molar-refractivity contribution in [1.82, 2.24) is 4.31 Å². The standard InChI is InChI=1S/C11H16ClNO2S/c1-9-5-4-6-11(7-9)16(14,15)13(3)10(2)8-12/h4-7,10H,8H2,1-3H3. The lowest BCUT2D eigenvalue weighted by atomic mass is 10.2. The van der Waals surface area contributed by atoms with Crippen LogP contribution in [-0.2, 0) is 10.0 Å².